The highest BCUT2D eigenvalue weighted by atomic mass is 16.5. The van der Waals surface area contributed by atoms with E-state index in [1.165, 1.54) is 19.3 Å². The Morgan fingerprint density at radius 2 is 1.95 bits per heavy atom. The molecule has 1 amide bonds. The van der Waals surface area contributed by atoms with Gasteiger partial charge in [0.05, 0.1) is 11.7 Å². The van der Waals surface area contributed by atoms with Crippen LogP contribution >= 0.6 is 0 Å². The second-order valence-electron chi connectivity index (χ2n) is 6.25. The summed E-state index contributed by atoms with van der Waals surface area (Å²) in [5, 5.41) is 3.15. The molecule has 4 heteroatoms. The summed E-state index contributed by atoms with van der Waals surface area (Å²) in [4.78, 5) is 12.5. The van der Waals surface area contributed by atoms with Crippen LogP contribution in [0.5, 0.6) is 5.75 Å². The second kappa shape index (κ2) is 7.63. The Balaban J connectivity index is 1.60. The molecule has 0 unspecified atom stereocenters. The van der Waals surface area contributed by atoms with Crippen molar-refractivity contribution in [1.82, 2.24) is 5.32 Å². The Kier molecular flexibility index (Phi) is 5.33. The van der Waals surface area contributed by atoms with Crippen molar-refractivity contribution < 1.29 is 14.3 Å². The lowest BCUT2D eigenvalue weighted by atomic mass is 9.95. The van der Waals surface area contributed by atoms with Crippen LogP contribution in [0.4, 0.5) is 0 Å². The lowest BCUT2D eigenvalue weighted by molar-refractivity contribution is 0.0669. The molecule has 1 saturated carbocycles. The van der Waals surface area contributed by atoms with E-state index in [9.17, 15) is 4.79 Å². The van der Waals surface area contributed by atoms with Crippen LogP contribution in [0.15, 0.2) is 24.3 Å². The maximum atomic E-state index is 12.5. The summed E-state index contributed by atoms with van der Waals surface area (Å²) in [6.45, 7) is 1.34. The van der Waals surface area contributed by atoms with Crippen LogP contribution in [-0.4, -0.2) is 31.3 Å². The molecule has 1 heterocycles. The summed E-state index contributed by atoms with van der Waals surface area (Å²) in [6.07, 6.45) is 8.18. The van der Waals surface area contributed by atoms with Gasteiger partial charge in [-0.3, -0.25) is 4.79 Å². The molecule has 1 aromatic rings. The summed E-state index contributed by atoms with van der Waals surface area (Å²) in [7, 11) is 0. The SMILES string of the molecule is O=C(NC1CCCCC1)c1ccccc1OC[C@H]1CCCO1. The van der Waals surface area contributed by atoms with Gasteiger partial charge in [-0.2, -0.15) is 0 Å². The van der Waals surface area contributed by atoms with Gasteiger partial charge in [0.2, 0.25) is 0 Å². The predicted octanol–water partition coefficient (Wildman–Crippen LogP) is 3.31. The smallest absolute Gasteiger partial charge is 0.255 e. The second-order valence-corrected chi connectivity index (χ2v) is 6.25. The molecule has 3 rings (SSSR count). The van der Waals surface area contributed by atoms with Crippen LogP contribution in [-0.2, 0) is 4.74 Å². The van der Waals surface area contributed by atoms with Gasteiger partial charge in [0.15, 0.2) is 0 Å². The number of benzene rings is 1. The number of carbonyl (C=O) groups is 1. The molecular formula is C18H25NO3. The zero-order chi connectivity index (χ0) is 15.2. The summed E-state index contributed by atoms with van der Waals surface area (Å²) in [5.74, 6) is 0.640. The standard InChI is InChI=1S/C18H25NO3/c20-18(19-14-7-2-1-3-8-14)16-10-4-5-11-17(16)22-13-15-9-6-12-21-15/h4-5,10-11,14-15H,1-3,6-9,12-13H2,(H,19,20)/t15-/m1/s1. The van der Waals surface area contributed by atoms with Crippen molar-refractivity contribution in [3.05, 3.63) is 29.8 Å². The molecule has 4 nitrogen and oxygen atoms in total. The number of ether oxygens (including phenoxy) is 2. The Bertz CT molecular complexity index is 491. The minimum absolute atomic E-state index is 0.0187. The number of para-hydroxylation sites is 1. The molecule has 1 atom stereocenters. The number of rotatable bonds is 5. The average Bonchev–Trinajstić information content (AvgIpc) is 3.07. The normalized spacial score (nSPS) is 22.5. The molecule has 2 aliphatic rings. The fourth-order valence-electron chi connectivity index (χ4n) is 3.25. The maximum absolute atomic E-state index is 12.5. The molecule has 2 fully saturated rings. The van der Waals surface area contributed by atoms with Crippen LogP contribution in [0.1, 0.15) is 55.3 Å². The van der Waals surface area contributed by atoms with Gasteiger partial charge in [0, 0.05) is 12.6 Å². The highest BCUT2D eigenvalue weighted by Gasteiger charge is 2.20. The first kappa shape index (κ1) is 15.3. The zero-order valence-electron chi connectivity index (χ0n) is 13.1. The molecule has 22 heavy (non-hydrogen) atoms. The minimum Gasteiger partial charge on any atom is -0.490 e. The van der Waals surface area contributed by atoms with Crippen molar-refractivity contribution in [3.63, 3.8) is 0 Å². The Morgan fingerprint density at radius 3 is 2.73 bits per heavy atom. The summed E-state index contributed by atoms with van der Waals surface area (Å²) in [6, 6.07) is 7.80. The first-order chi connectivity index (χ1) is 10.8. The quantitative estimate of drug-likeness (QED) is 0.908. The van der Waals surface area contributed by atoms with Gasteiger partial charge in [-0.1, -0.05) is 31.4 Å². The van der Waals surface area contributed by atoms with Crippen LogP contribution in [0.3, 0.4) is 0 Å². The van der Waals surface area contributed by atoms with E-state index in [1.54, 1.807) is 0 Å². The first-order valence-electron chi connectivity index (χ1n) is 8.47. The van der Waals surface area contributed by atoms with Crippen LogP contribution < -0.4 is 10.1 Å². The van der Waals surface area contributed by atoms with E-state index in [0.717, 1.165) is 32.3 Å². The van der Waals surface area contributed by atoms with Gasteiger partial charge in [-0.15, -0.1) is 0 Å². The highest BCUT2D eigenvalue weighted by molar-refractivity contribution is 5.97. The van der Waals surface area contributed by atoms with Crippen molar-refractivity contribution in [2.24, 2.45) is 0 Å². The number of carbonyl (C=O) groups excluding carboxylic acids is 1. The van der Waals surface area contributed by atoms with Crippen molar-refractivity contribution >= 4 is 5.91 Å². The molecule has 0 aromatic heterocycles. The molecule has 0 bridgehead atoms. The average molecular weight is 303 g/mol. The van der Waals surface area contributed by atoms with Gasteiger partial charge in [-0.05, 0) is 37.8 Å². The molecule has 0 spiro atoms. The lowest BCUT2D eigenvalue weighted by Gasteiger charge is -2.23. The third kappa shape index (κ3) is 4.01. The molecule has 1 aromatic carbocycles. The summed E-state index contributed by atoms with van der Waals surface area (Å²) >= 11 is 0. The van der Waals surface area contributed by atoms with Gasteiger partial charge in [0.1, 0.15) is 12.4 Å². The molecular weight excluding hydrogens is 278 g/mol. The van der Waals surface area contributed by atoms with E-state index in [-0.39, 0.29) is 12.0 Å². The van der Waals surface area contributed by atoms with E-state index in [4.69, 9.17) is 9.47 Å². The van der Waals surface area contributed by atoms with Crippen molar-refractivity contribution in [1.29, 1.82) is 0 Å². The van der Waals surface area contributed by atoms with E-state index >= 15 is 0 Å². The lowest BCUT2D eigenvalue weighted by Crippen LogP contribution is -2.36. The number of hydrogen-bond acceptors (Lipinski definition) is 3. The highest BCUT2D eigenvalue weighted by Crippen LogP contribution is 2.22. The predicted molar refractivity (Wildman–Crippen MR) is 85.3 cm³/mol. The Labute approximate surface area is 132 Å². The Morgan fingerprint density at radius 1 is 1.14 bits per heavy atom. The third-order valence-corrected chi connectivity index (χ3v) is 4.52. The van der Waals surface area contributed by atoms with E-state index in [1.807, 2.05) is 24.3 Å². The van der Waals surface area contributed by atoms with Crippen molar-refractivity contribution in [2.45, 2.75) is 57.1 Å². The molecule has 0 radical (unpaired) electrons. The number of hydrogen-bond donors (Lipinski definition) is 1. The van der Waals surface area contributed by atoms with Crippen LogP contribution in [0, 0.1) is 0 Å². The van der Waals surface area contributed by atoms with Gasteiger partial charge in [-0.25, -0.2) is 0 Å². The first-order valence-corrected chi connectivity index (χ1v) is 8.47. The minimum atomic E-state index is -0.0187. The summed E-state index contributed by atoms with van der Waals surface area (Å²) < 4.78 is 11.4. The van der Waals surface area contributed by atoms with Gasteiger partial charge >= 0.3 is 0 Å². The molecule has 120 valence electrons. The third-order valence-electron chi connectivity index (χ3n) is 4.52. The van der Waals surface area contributed by atoms with Crippen molar-refractivity contribution in [2.75, 3.05) is 13.2 Å². The fourth-order valence-corrected chi connectivity index (χ4v) is 3.25. The van der Waals surface area contributed by atoms with E-state index in [2.05, 4.69) is 5.32 Å². The topological polar surface area (TPSA) is 47.6 Å². The molecule has 1 N–H and O–H groups in total. The van der Waals surface area contributed by atoms with E-state index < -0.39 is 0 Å². The zero-order valence-corrected chi connectivity index (χ0v) is 13.1. The monoisotopic (exact) mass is 303 g/mol. The largest absolute Gasteiger partial charge is 0.490 e. The van der Waals surface area contributed by atoms with Gasteiger partial charge < -0.3 is 14.8 Å². The summed E-state index contributed by atoms with van der Waals surface area (Å²) in [5.41, 5.74) is 0.631. The Hall–Kier alpha value is -1.55. The van der Waals surface area contributed by atoms with Crippen molar-refractivity contribution in [3.8, 4) is 5.75 Å². The van der Waals surface area contributed by atoms with Crippen LogP contribution in [0.25, 0.3) is 0 Å². The number of nitrogens with one attached hydrogen (secondary N) is 1. The molecule has 1 saturated heterocycles. The van der Waals surface area contributed by atoms with Crippen LogP contribution in [0.2, 0.25) is 0 Å². The number of amides is 1. The van der Waals surface area contributed by atoms with E-state index in [0.29, 0.717) is 24.0 Å². The van der Waals surface area contributed by atoms with Gasteiger partial charge in [0.25, 0.3) is 5.91 Å². The maximum Gasteiger partial charge on any atom is 0.255 e. The molecule has 1 aliphatic carbocycles. The fraction of sp³-hybridized carbons (Fsp3) is 0.611. The molecule has 1 aliphatic heterocycles.